The predicted molar refractivity (Wildman–Crippen MR) is 59.9 cm³/mol. The molecule has 1 aromatic rings. The van der Waals surface area contributed by atoms with E-state index in [9.17, 15) is 29.7 Å². The van der Waals surface area contributed by atoms with Crippen molar-refractivity contribution in [2.75, 3.05) is 0 Å². The van der Waals surface area contributed by atoms with Gasteiger partial charge in [-0.25, -0.2) is 0 Å². The maximum absolute atomic E-state index is 12.0. The van der Waals surface area contributed by atoms with Crippen LogP contribution in [0.3, 0.4) is 0 Å². The number of esters is 1. The number of carbonyl (C=O) groups excluding carboxylic acids is 3. The maximum Gasteiger partial charge on any atom is 0.308 e. The number of rotatable bonds is 1. The minimum Gasteiger partial charge on any atom is -0.504 e. The molecule has 2 rings (SSSR count). The van der Waals surface area contributed by atoms with E-state index in [0.29, 0.717) is 0 Å². The first-order chi connectivity index (χ1) is 8.84. The molecule has 7 heteroatoms. The first kappa shape index (κ1) is 12.6. The van der Waals surface area contributed by atoms with Crippen LogP contribution in [0.1, 0.15) is 27.6 Å². The summed E-state index contributed by atoms with van der Waals surface area (Å²) in [6.45, 7) is 0.982. The van der Waals surface area contributed by atoms with Gasteiger partial charge in [-0.05, 0) is 12.1 Å². The number of aliphatic hydroxyl groups excluding tert-OH is 1. The largest absolute Gasteiger partial charge is 0.504 e. The van der Waals surface area contributed by atoms with Crippen molar-refractivity contribution in [2.24, 2.45) is 0 Å². The second kappa shape index (κ2) is 4.13. The normalized spacial score (nSPS) is 14.4. The highest BCUT2D eigenvalue weighted by molar-refractivity contribution is 6.26. The molecular weight excluding hydrogens is 256 g/mol. The van der Waals surface area contributed by atoms with E-state index in [2.05, 4.69) is 4.74 Å². The molecule has 3 N–H and O–H groups in total. The molecule has 1 aliphatic carbocycles. The van der Waals surface area contributed by atoms with Gasteiger partial charge in [0, 0.05) is 12.5 Å². The number of fused-ring (bicyclic) bond motifs is 1. The standard InChI is InChI=1S/C12H8O7/c1-4(13)19-12-10(17)7-5(8(15)11(12)18)2-3-6(14)9(7)16/h2-3,14,16,18H,1H3. The molecule has 0 unspecified atom stereocenters. The van der Waals surface area contributed by atoms with E-state index in [0.717, 1.165) is 19.1 Å². The van der Waals surface area contributed by atoms with Gasteiger partial charge in [0.25, 0.3) is 0 Å². The van der Waals surface area contributed by atoms with Crippen molar-refractivity contribution in [3.63, 3.8) is 0 Å². The zero-order valence-corrected chi connectivity index (χ0v) is 9.63. The van der Waals surface area contributed by atoms with Crippen LogP contribution in [0.15, 0.2) is 23.7 Å². The van der Waals surface area contributed by atoms with E-state index >= 15 is 0 Å². The van der Waals surface area contributed by atoms with Gasteiger partial charge >= 0.3 is 5.97 Å². The number of phenolic OH excluding ortho intramolecular Hbond substituents is 2. The number of hydrogen-bond acceptors (Lipinski definition) is 7. The Morgan fingerprint density at radius 3 is 2.32 bits per heavy atom. The van der Waals surface area contributed by atoms with E-state index in [1.165, 1.54) is 0 Å². The van der Waals surface area contributed by atoms with Crippen molar-refractivity contribution in [1.29, 1.82) is 0 Å². The fraction of sp³-hybridized carbons (Fsp3) is 0.0833. The van der Waals surface area contributed by atoms with Crippen LogP contribution >= 0.6 is 0 Å². The molecular formula is C12H8O7. The van der Waals surface area contributed by atoms with Crippen LogP contribution in [0.4, 0.5) is 0 Å². The maximum atomic E-state index is 12.0. The molecule has 98 valence electrons. The summed E-state index contributed by atoms with van der Waals surface area (Å²) in [4.78, 5) is 34.6. The number of phenols is 2. The second-order valence-corrected chi connectivity index (χ2v) is 3.79. The number of aromatic hydroxyl groups is 2. The van der Waals surface area contributed by atoms with Gasteiger partial charge in [-0.2, -0.15) is 0 Å². The van der Waals surface area contributed by atoms with E-state index in [-0.39, 0.29) is 5.56 Å². The summed E-state index contributed by atoms with van der Waals surface area (Å²) in [6, 6.07) is 2.08. The van der Waals surface area contributed by atoms with Crippen molar-refractivity contribution < 1.29 is 34.4 Å². The van der Waals surface area contributed by atoms with Gasteiger partial charge in [0.15, 0.2) is 11.5 Å². The molecule has 1 aliphatic rings. The van der Waals surface area contributed by atoms with Crippen molar-refractivity contribution in [1.82, 2.24) is 0 Å². The molecule has 0 amide bonds. The quantitative estimate of drug-likeness (QED) is 0.506. The molecule has 0 aromatic heterocycles. The van der Waals surface area contributed by atoms with Crippen LogP contribution in [0.5, 0.6) is 11.5 Å². The minimum absolute atomic E-state index is 0.284. The Bertz CT molecular complexity index is 654. The van der Waals surface area contributed by atoms with Gasteiger partial charge in [-0.3, -0.25) is 14.4 Å². The number of hydrogen-bond donors (Lipinski definition) is 3. The summed E-state index contributed by atoms with van der Waals surface area (Å²) in [7, 11) is 0. The average molecular weight is 264 g/mol. The highest BCUT2D eigenvalue weighted by atomic mass is 16.5. The first-order valence-electron chi connectivity index (χ1n) is 5.10. The van der Waals surface area contributed by atoms with E-state index in [1.807, 2.05) is 0 Å². The Morgan fingerprint density at radius 2 is 1.74 bits per heavy atom. The fourth-order valence-corrected chi connectivity index (χ4v) is 1.69. The van der Waals surface area contributed by atoms with Gasteiger partial charge in [0.05, 0.1) is 5.56 Å². The zero-order chi connectivity index (χ0) is 14.3. The van der Waals surface area contributed by atoms with Crippen LogP contribution in [-0.4, -0.2) is 32.9 Å². The number of benzene rings is 1. The summed E-state index contributed by atoms with van der Waals surface area (Å²) in [6.07, 6.45) is 0. The summed E-state index contributed by atoms with van der Waals surface area (Å²) in [5, 5.41) is 28.5. The van der Waals surface area contributed by atoms with Gasteiger partial charge < -0.3 is 20.1 Å². The lowest BCUT2D eigenvalue weighted by atomic mass is 9.91. The summed E-state index contributed by atoms with van der Waals surface area (Å²) in [5.41, 5.74) is -0.798. The van der Waals surface area contributed by atoms with Crippen LogP contribution in [-0.2, 0) is 9.53 Å². The Kier molecular flexibility index (Phi) is 2.74. The van der Waals surface area contributed by atoms with Gasteiger partial charge in [0.1, 0.15) is 0 Å². The molecule has 0 saturated carbocycles. The molecule has 0 radical (unpaired) electrons. The molecule has 1 aromatic carbocycles. The lowest BCUT2D eigenvalue weighted by Crippen LogP contribution is -2.24. The van der Waals surface area contributed by atoms with Crippen molar-refractivity contribution in [3.05, 3.63) is 34.8 Å². The minimum atomic E-state index is -1.06. The Hall–Kier alpha value is -2.83. The van der Waals surface area contributed by atoms with E-state index < -0.39 is 46.1 Å². The van der Waals surface area contributed by atoms with Gasteiger partial charge in [-0.1, -0.05) is 0 Å². The number of allylic oxidation sites excluding steroid dienone is 2. The fourth-order valence-electron chi connectivity index (χ4n) is 1.69. The molecule has 19 heavy (non-hydrogen) atoms. The van der Waals surface area contributed by atoms with Crippen LogP contribution in [0, 0.1) is 0 Å². The van der Waals surface area contributed by atoms with Crippen LogP contribution in [0.2, 0.25) is 0 Å². The van der Waals surface area contributed by atoms with Crippen LogP contribution in [0.25, 0.3) is 0 Å². The molecule has 0 fully saturated rings. The first-order valence-corrected chi connectivity index (χ1v) is 5.10. The van der Waals surface area contributed by atoms with Crippen molar-refractivity contribution >= 4 is 17.5 Å². The molecule has 0 bridgehead atoms. The third kappa shape index (κ3) is 1.81. The monoisotopic (exact) mass is 264 g/mol. The van der Waals surface area contributed by atoms with E-state index in [4.69, 9.17) is 0 Å². The third-order valence-electron chi connectivity index (χ3n) is 2.51. The number of carbonyl (C=O) groups is 3. The summed E-state index contributed by atoms with van der Waals surface area (Å²) >= 11 is 0. The molecule has 0 atom stereocenters. The van der Waals surface area contributed by atoms with Gasteiger partial charge in [-0.15, -0.1) is 0 Å². The molecule has 0 saturated heterocycles. The number of ketones is 2. The number of ether oxygens (including phenoxy) is 1. The highest BCUT2D eigenvalue weighted by Crippen LogP contribution is 2.37. The van der Waals surface area contributed by atoms with Crippen molar-refractivity contribution in [3.8, 4) is 11.5 Å². The molecule has 0 aliphatic heterocycles. The summed E-state index contributed by atoms with van der Waals surface area (Å²) < 4.78 is 4.47. The third-order valence-corrected chi connectivity index (χ3v) is 2.51. The highest BCUT2D eigenvalue weighted by Gasteiger charge is 2.37. The molecule has 7 nitrogen and oxygen atoms in total. The second-order valence-electron chi connectivity index (χ2n) is 3.79. The predicted octanol–water partition coefficient (Wildman–Crippen LogP) is 0.809. The Balaban J connectivity index is 2.69. The van der Waals surface area contributed by atoms with Gasteiger partial charge in [0.2, 0.25) is 23.1 Å². The average Bonchev–Trinajstić information content (AvgIpc) is 2.35. The summed E-state index contributed by atoms with van der Waals surface area (Å²) in [5.74, 6) is -6.26. The van der Waals surface area contributed by atoms with Crippen LogP contribution < -0.4 is 0 Å². The van der Waals surface area contributed by atoms with Crippen molar-refractivity contribution in [2.45, 2.75) is 6.92 Å². The topological polar surface area (TPSA) is 121 Å². The molecule has 0 heterocycles. The lowest BCUT2D eigenvalue weighted by molar-refractivity contribution is -0.136. The SMILES string of the molecule is CC(=O)OC1=C(O)C(=O)c2ccc(O)c(O)c2C1=O. The Morgan fingerprint density at radius 1 is 1.11 bits per heavy atom. The smallest absolute Gasteiger partial charge is 0.308 e. The lowest BCUT2D eigenvalue weighted by Gasteiger charge is -2.17. The molecule has 0 spiro atoms. The zero-order valence-electron chi connectivity index (χ0n) is 9.63. The van der Waals surface area contributed by atoms with E-state index in [1.54, 1.807) is 0 Å². The number of Topliss-reactive ketones (excluding diaryl/α,β-unsaturated/α-hetero) is 2. The number of aliphatic hydroxyl groups is 1. The Labute approximate surface area is 106 Å².